The Morgan fingerprint density at radius 3 is 2.71 bits per heavy atom. The fourth-order valence-electron chi connectivity index (χ4n) is 4.88. The lowest BCUT2D eigenvalue weighted by Gasteiger charge is -2.26. The number of hydrogen-bond donors (Lipinski definition) is 1. The molecule has 1 aliphatic heterocycles. The van der Waals surface area contributed by atoms with Gasteiger partial charge in [-0.15, -0.1) is 0 Å². The zero-order chi connectivity index (χ0) is 23.1. The van der Waals surface area contributed by atoms with Crippen LogP contribution in [0.15, 0.2) is 46.9 Å². The molecule has 0 saturated carbocycles. The van der Waals surface area contributed by atoms with E-state index in [4.69, 9.17) is 19.1 Å². The van der Waals surface area contributed by atoms with Crippen LogP contribution in [0.3, 0.4) is 0 Å². The zero-order valence-electron chi connectivity index (χ0n) is 19.1. The molecule has 1 saturated heterocycles. The summed E-state index contributed by atoms with van der Waals surface area (Å²) in [5, 5.41) is 3.80. The van der Waals surface area contributed by atoms with Gasteiger partial charge in [-0.3, -0.25) is 4.79 Å². The zero-order valence-corrected chi connectivity index (χ0v) is 19.1. The number of imidazole rings is 1. The molecule has 172 valence electrons. The summed E-state index contributed by atoms with van der Waals surface area (Å²) in [7, 11) is 0. The second kappa shape index (κ2) is 8.57. The first kappa shape index (κ1) is 20.9. The van der Waals surface area contributed by atoms with Gasteiger partial charge in [0.15, 0.2) is 5.42 Å². The number of fused-ring (bicyclic) bond motifs is 2. The number of carbonyl (C=O) groups is 1. The van der Waals surface area contributed by atoms with Gasteiger partial charge < -0.3 is 19.0 Å². The number of nitrogens with one attached hydrogen (secondary N) is 1. The van der Waals surface area contributed by atoms with Crippen molar-refractivity contribution >= 4 is 34.8 Å². The average Bonchev–Trinajstić information content (AvgIpc) is 3.46. The molecule has 7 heteroatoms. The number of nitrogens with zero attached hydrogens (tertiary/aromatic N) is 3. The maximum atomic E-state index is 11.6. The van der Waals surface area contributed by atoms with Crippen molar-refractivity contribution in [3.63, 3.8) is 0 Å². The quantitative estimate of drug-likeness (QED) is 0.504. The van der Waals surface area contributed by atoms with Crippen LogP contribution in [0.25, 0.3) is 46.0 Å². The van der Waals surface area contributed by atoms with Crippen molar-refractivity contribution in [1.29, 1.82) is 0 Å². The number of benzene rings is 2. The third-order valence-electron chi connectivity index (χ3n) is 6.45. The number of carbonyl (C=O) groups excluding carboxylic acids is 1. The normalized spacial score (nSPS) is 16.0. The number of aromatic nitrogens is 3. The molecule has 0 atom stereocenters. The van der Waals surface area contributed by atoms with Crippen molar-refractivity contribution in [3.05, 3.63) is 53.2 Å². The molecule has 1 amide bonds. The van der Waals surface area contributed by atoms with Crippen LogP contribution in [0.5, 0.6) is 0 Å². The third kappa shape index (κ3) is 3.82. The van der Waals surface area contributed by atoms with Crippen LogP contribution in [-0.2, 0) is 9.53 Å². The molecular formula is C27H26N4O3. The van der Waals surface area contributed by atoms with Crippen LogP contribution < -0.4 is 16.1 Å². The van der Waals surface area contributed by atoms with Crippen molar-refractivity contribution in [3.8, 4) is 22.8 Å². The fraction of sp³-hybridized carbons (Fsp3) is 0.296. The highest BCUT2D eigenvalue weighted by Gasteiger charge is 2.23. The molecule has 0 bridgehead atoms. The smallest absolute Gasteiger partial charge is 0.227 e. The predicted octanol–water partition coefficient (Wildman–Crippen LogP) is 4.02. The Morgan fingerprint density at radius 1 is 1.03 bits per heavy atom. The molecule has 2 aliphatic rings. The molecule has 1 fully saturated rings. The van der Waals surface area contributed by atoms with E-state index in [0.29, 0.717) is 11.9 Å². The molecular weight excluding hydrogens is 428 g/mol. The van der Waals surface area contributed by atoms with Crippen LogP contribution >= 0.6 is 0 Å². The van der Waals surface area contributed by atoms with Crippen molar-refractivity contribution in [2.45, 2.75) is 38.6 Å². The van der Waals surface area contributed by atoms with Gasteiger partial charge in [0.05, 0.1) is 11.0 Å². The minimum Gasteiger partial charge on any atom is -0.436 e. The highest BCUT2D eigenvalue weighted by molar-refractivity contribution is 5.90. The second-order valence-corrected chi connectivity index (χ2v) is 8.87. The van der Waals surface area contributed by atoms with Gasteiger partial charge in [-0.1, -0.05) is 18.2 Å². The van der Waals surface area contributed by atoms with E-state index in [-0.39, 0.29) is 5.91 Å². The van der Waals surface area contributed by atoms with Gasteiger partial charge in [0.2, 0.25) is 11.8 Å². The van der Waals surface area contributed by atoms with E-state index in [1.165, 1.54) is 6.92 Å². The minimum atomic E-state index is -0.0946. The Labute approximate surface area is 196 Å². The van der Waals surface area contributed by atoms with Crippen molar-refractivity contribution in [1.82, 2.24) is 14.5 Å². The van der Waals surface area contributed by atoms with Gasteiger partial charge in [0.1, 0.15) is 11.2 Å². The predicted molar refractivity (Wildman–Crippen MR) is 131 cm³/mol. The summed E-state index contributed by atoms with van der Waals surface area (Å²) in [6.45, 7) is 2.99. The van der Waals surface area contributed by atoms with Crippen molar-refractivity contribution in [2.24, 2.45) is 0 Å². The molecule has 6 rings (SSSR count). The van der Waals surface area contributed by atoms with Crippen molar-refractivity contribution < 1.29 is 13.9 Å². The van der Waals surface area contributed by atoms with E-state index < -0.39 is 0 Å². The lowest BCUT2D eigenvalue weighted by Crippen LogP contribution is -2.23. The second-order valence-electron chi connectivity index (χ2n) is 8.87. The van der Waals surface area contributed by atoms with Gasteiger partial charge in [-0.2, -0.15) is 0 Å². The number of oxazole rings is 1. The molecule has 1 aliphatic carbocycles. The fourth-order valence-corrected chi connectivity index (χ4v) is 4.88. The van der Waals surface area contributed by atoms with E-state index in [0.717, 1.165) is 83.3 Å². The Balaban J connectivity index is 1.49. The first-order valence-corrected chi connectivity index (χ1v) is 11.8. The maximum absolute atomic E-state index is 11.6. The monoisotopic (exact) mass is 454 g/mol. The number of rotatable bonds is 4. The summed E-state index contributed by atoms with van der Waals surface area (Å²) >= 11 is 0. The highest BCUT2D eigenvalue weighted by atomic mass is 16.5. The SMILES string of the molecule is CC(=O)Nc1cccc(-c2nc3cc(-c4nc5c(o4)=CCCC=5)ccc3n2C2CCOCC2)c1. The van der Waals surface area contributed by atoms with Gasteiger partial charge in [0.25, 0.3) is 0 Å². The van der Waals surface area contributed by atoms with E-state index in [9.17, 15) is 4.79 Å². The molecule has 0 radical (unpaired) electrons. The first-order valence-electron chi connectivity index (χ1n) is 11.8. The Hall–Kier alpha value is -3.71. The largest absolute Gasteiger partial charge is 0.436 e. The Morgan fingerprint density at radius 2 is 1.88 bits per heavy atom. The number of anilines is 1. The Kier molecular flexibility index (Phi) is 5.26. The highest BCUT2D eigenvalue weighted by Crippen LogP contribution is 2.35. The van der Waals surface area contributed by atoms with Crippen LogP contribution in [0.4, 0.5) is 5.69 Å². The summed E-state index contributed by atoms with van der Waals surface area (Å²) in [6, 6.07) is 14.4. The van der Waals surface area contributed by atoms with E-state index in [2.05, 4.69) is 40.2 Å². The summed E-state index contributed by atoms with van der Waals surface area (Å²) < 4.78 is 14.0. The van der Waals surface area contributed by atoms with Gasteiger partial charge in [-0.05, 0) is 62.1 Å². The molecule has 2 aromatic carbocycles. The molecule has 0 spiro atoms. The van der Waals surface area contributed by atoms with Crippen LogP contribution in [-0.4, -0.2) is 33.7 Å². The van der Waals surface area contributed by atoms with E-state index in [1.54, 1.807) is 0 Å². The van der Waals surface area contributed by atoms with E-state index in [1.807, 2.05) is 24.3 Å². The summed E-state index contributed by atoms with van der Waals surface area (Å²) in [6.07, 6.45) is 8.07. The summed E-state index contributed by atoms with van der Waals surface area (Å²) in [5.41, 5.74) is 5.46. The minimum absolute atomic E-state index is 0.0946. The number of amides is 1. The molecule has 1 N–H and O–H groups in total. The van der Waals surface area contributed by atoms with E-state index >= 15 is 0 Å². The number of ether oxygens (including phenoxy) is 1. The molecule has 4 aromatic rings. The maximum Gasteiger partial charge on any atom is 0.227 e. The van der Waals surface area contributed by atoms with Crippen LogP contribution in [0.1, 0.15) is 38.6 Å². The van der Waals surface area contributed by atoms with Crippen molar-refractivity contribution in [2.75, 3.05) is 18.5 Å². The van der Waals surface area contributed by atoms with Gasteiger partial charge in [-0.25, -0.2) is 9.97 Å². The molecule has 3 heterocycles. The lowest BCUT2D eigenvalue weighted by atomic mass is 10.1. The topological polar surface area (TPSA) is 82.2 Å². The average molecular weight is 455 g/mol. The lowest BCUT2D eigenvalue weighted by molar-refractivity contribution is -0.114. The Bertz CT molecular complexity index is 1480. The molecule has 34 heavy (non-hydrogen) atoms. The molecule has 2 aromatic heterocycles. The summed E-state index contributed by atoms with van der Waals surface area (Å²) in [4.78, 5) is 21.4. The first-order chi connectivity index (χ1) is 16.7. The van der Waals surface area contributed by atoms with Crippen LogP contribution in [0.2, 0.25) is 0 Å². The standard InChI is InChI=1S/C27H26N4O3/c1-17(32)28-20-6-4-5-18(15-20)26-29-23-16-19(27-30-22-7-2-3-8-25(22)34-27)9-10-24(23)31(26)21-11-13-33-14-12-21/h4-10,15-16,21H,2-3,11-14H2,1H3,(H,28,32). The molecule has 0 unspecified atom stereocenters. The number of hydrogen-bond acceptors (Lipinski definition) is 5. The van der Waals surface area contributed by atoms with Gasteiger partial charge in [0, 0.05) is 43.0 Å². The van der Waals surface area contributed by atoms with Crippen LogP contribution in [0, 0.1) is 0 Å². The molecule has 7 nitrogen and oxygen atoms in total. The third-order valence-corrected chi connectivity index (χ3v) is 6.45. The summed E-state index contributed by atoms with van der Waals surface area (Å²) in [5.74, 6) is 1.42. The van der Waals surface area contributed by atoms with Gasteiger partial charge >= 0.3 is 0 Å².